The zero-order chi connectivity index (χ0) is 10.7. The minimum atomic E-state index is 0.351. The third kappa shape index (κ3) is 1.96. The van der Waals surface area contributed by atoms with Gasteiger partial charge in [-0.25, -0.2) is 0 Å². The first-order chi connectivity index (χ1) is 7.33. The molecule has 2 unspecified atom stereocenters. The zero-order valence-corrected chi connectivity index (χ0v) is 9.75. The Morgan fingerprint density at radius 2 is 2.40 bits per heavy atom. The molecule has 0 aliphatic heterocycles. The van der Waals surface area contributed by atoms with Crippen LogP contribution in [0.25, 0.3) is 0 Å². The summed E-state index contributed by atoms with van der Waals surface area (Å²) in [5.41, 5.74) is 0.351. The number of hydrogen-bond donors (Lipinski definition) is 1. The minimum absolute atomic E-state index is 0.351. The van der Waals surface area contributed by atoms with Gasteiger partial charge in [-0.1, -0.05) is 13.8 Å². The Bertz CT molecular complexity index is 293. The summed E-state index contributed by atoms with van der Waals surface area (Å²) in [5.74, 6) is 1.97. The van der Waals surface area contributed by atoms with Crippen LogP contribution in [0.2, 0.25) is 0 Å². The number of nitrogens with one attached hydrogen (secondary N) is 1. The van der Waals surface area contributed by atoms with Crippen molar-refractivity contribution in [2.24, 2.45) is 5.92 Å². The molecule has 1 aliphatic rings. The molecule has 2 heteroatoms. The highest BCUT2D eigenvalue weighted by Gasteiger charge is 2.55. The van der Waals surface area contributed by atoms with E-state index in [4.69, 9.17) is 4.42 Å². The summed E-state index contributed by atoms with van der Waals surface area (Å²) in [6.45, 7) is 6.75. The normalized spacial score (nSPS) is 29.3. The van der Waals surface area contributed by atoms with E-state index in [9.17, 15) is 0 Å². The molecule has 1 N–H and O–H groups in total. The van der Waals surface area contributed by atoms with Gasteiger partial charge in [0.25, 0.3) is 0 Å². The van der Waals surface area contributed by atoms with Gasteiger partial charge in [-0.3, -0.25) is 0 Å². The van der Waals surface area contributed by atoms with E-state index in [2.05, 4.69) is 25.2 Å². The molecule has 2 atom stereocenters. The highest BCUT2D eigenvalue weighted by Crippen LogP contribution is 2.56. The average Bonchev–Trinajstić information content (AvgIpc) is 2.73. The van der Waals surface area contributed by atoms with E-state index < -0.39 is 0 Å². The van der Waals surface area contributed by atoms with E-state index in [0.29, 0.717) is 5.41 Å². The molecule has 0 spiro atoms. The molecule has 0 radical (unpaired) electrons. The molecular formula is C13H21NO. The van der Waals surface area contributed by atoms with Gasteiger partial charge < -0.3 is 9.73 Å². The smallest absolute Gasteiger partial charge is 0.110 e. The molecule has 15 heavy (non-hydrogen) atoms. The molecule has 1 saturated carbocycles. The Kier molecular flexibility index (Phi) is 3.15. The van der Waals surface area contributed by atoms with Gasteiger partial charge in [-0.15, -0.1) is 0 Å². The topological polar surface area (TPSA) is 25.2 Å². The van der Waals surface area contributed by atoms with Gasteiger partial charge in [0.15, 0.2) is 0 Å². The van der Waals surface area contributed by atoms with Crippen LogP contribution in [-0.4, -0.2) is 13.1 Å². The highest BCUT2D eigenvalue weighted by molar-refractivity contribution is 5.25. The maximum absolute atomic E-state index is 5.56. The molecule has 1 aliphatic carbocycles. The van der Waals surface area contributed by atoms with Crippen LogP contribution in [-0.2, 0) is 5.41 Å². The number of furan rings is 1. The van der Waals surface area contributed by atoms with Crippen molar-refractivity contribution in [3.63, 3.8) is 0 Å². The summed E-state index contributed by atoms with van der Waals surface area (Å²) >= 11 is 0. The summed E-state index contributed by atoms with van der Waals surface area (Å²) in [4.78, 5) is 0. The lowest BCUT2D eigenvalue weighted by Gasteiger charge is -2.12. The van der Waals surface area contributed by atoms with Crippen molar-refractivity contribution in [3.05, 3.63) is 24.2 Å². The third-order valence-corrected chi connectivity index (χ3v) is 3.69. The predicted octanol–water partition coefficient (Wildman–Crippen LogP) is 2.95. The average molecular weight is 207 g/mol. The van der Waals surface area contributed by atoms with E-state index in [1.165, 1.54) is 25.0 Å². The molecule has 1 heterocycles. The van der Waals surface area contributed by atoms with Gasteiger partial charge in [0, 0.05) is 5.41 Å². The first-order valence-corrected chi connectivity index (χ1v) is 6.08. The van der Waals surface area contributed by atoms with E-state index in [0.717, 1.165) is 19.0 Å². The number of hydrogen-bond acceptors (Lipinski definition) is 2. The van der Waals surface area contributed by atoms with Gasteiger partial charge in [-0.2, -0.15) is 0 Å². The van der Waals surface area contributed by atoms with Crippen molar-refractivity contribution < 1.29 is 4.42 Å². The summed E-state index contributed by atoms with van der Waals surface area (Å²) in [6.07, 6.45) is 5.49. The molecular weight excluding hydrogens is 186 g/mol. The van der Waals surface area contributed by atoms with Crippen LogP contribution in [0.1, 0.15) is 38.9 Å². The van der Waals surface area contributed by atoms with Gasteiger partial charge in [0.05, 0.1) is 6.26 Å². The second kappa shape index (κ2) is 4.40. The maximum atomic E-state index is 5.56. The maximum Gasteiger partial charge on any atom is 0.110 e. The molecule has 1 fully saturated rings. The molecule has 0 saturated heterocycles. The van der Waals surface area contributed by atoms with Crippen molar-refractivity contribution in [2.75, 3.05) is 13.1 Å². The van der Waals surface area contributed by atoms with Crippen molar-refractivity contribution in [1.29, 1.82) is 0 Å². The van der Waals surface area contributed by atoms with Crippen molar-refractivity contribution >= 4 is 0 Å². The van der Waals surface area contributed by atoms with Crippen LogP contribution in [0.15, 0.2) is 22.8 Å². The highest BCUT2D eigenvalue weighted by atomic mass is 16.3. The zero-order valence-electron chi connectivity index (χ0n) is 9.75. The summed E-state index contributed by atoms with van der Waals surface area (Å²) in [6, 6.07) is 4.13. The Balaban J connectivity index is 1.91. The lowest BCUT2D eigenvalue weighted by molar-refractivity contribution is 0.415. The first kappa shape index (κ1) is 10.7. The van der Waals surface area contributed by atoms with E-state index in [-0.39, 0.29) is 0 Å². The van der Waals surface area contributed by atoms with Crippen molar-refractivity contribution in [1.82, 2.24) is 5.32 Å². The molecule has 2 nitrogen and oxygen atoms in total. The second-order valence-corrected chi connectivity index (χ2v) is 4.59. The van der Waals surface area contributed by atoms with Crippen LogP contribution in [0.4, 0.5) is 0 Å². The summed E-state index contributed by atoms with van der Waals surface area (Å²) in [7, 11) is 0. The molecule has 0 bridgehead atoms. The van der Waals surface area contributed by atoms with Gasteiger partial charge in [0.2, 0.25) is 0 Å². The van der Waals surface area contributed by atoms with E-state index in [1.807, 2.05) is 6.07 Å². The largest absolute Gasteiger partial charge is 0.469 e. The quantitative estimate of drug-likeness (QED) is 0.725. The first-order valence-electron chi connectivity index (χ1n) is 6.08. The van der Waals surface area contributed by atoms with Crippen LogP contribution >= 0.6 is 0 Å². The standard InChI is InChI=1S/C13H21NO/c1-3-7-14-10-11-9-13(11,4-2)12-6-5-8-15-12/h5-6,8,11,14H,3-4,7,9-10H2,1-2H3. The van der Waals surface area contributed by atoms with E-state index in [1.54, 1.807) is 6.26 Å². The lowest BCUT2D eigenvalue weighted by Crippen LogP contribution is -2.21. The van der Waals surface area contributed by atoms with Crippen LogP contribution in [0.3, 0.4) is 0 Å². The SMILES string of the molecule is CCCNCC1CC1(CC)c1ccco1. The summed E-state index contributed by atoms with van der Waals surface area (Å²) < 4.78 is 5.56. The molecule has 2 rings (SSSR count). The van der Waals surface area contributed by atoms with Crippen LogP contribution < -0.4 is 5.32 Å². The van der Waals surface area contributed by atoms with Crippen LogP contribution in [0, 0.1) is 5.92 Å². The molecule has 84 valence electrons. The fraction of sp³-hybridized carbons (Fsp3) is 0.692. The Labute approximate surface area is 92.1 Å². The fourth-order valence-corrected chi connectivity index (χ4v) is 2.57. The van der Waals surface area contributed by atoms with Crippen molar-refractivity contribution in [3.8, 4) is 0 Å². The van der Waals surface area contributed by atoms with Gasteiger partial charge >= 0.3 is 0 Å². The number of rotatable bonds is 6. The molecule has 1 aromatic heterocycles. The van der Waals surface area contributed by atoms with E-state index >= 15 is 0 Å². The molecule has 1 aromatic rings. The fourth-order valence-electron chi connectivity index (χ4n) is 2.57. The Morgan fingerprint density at radius 3 is 3.00 bits per heavy atom. The third-order valence-electron chi connectivity index (χ3n) is 3.69. The molecule has 0 aromatic carbocycles. The molecule has 0 amide bonds. The Hall–Kier alpha value is -0.760. The van der Waals surface area contributed by atoms with Gasteiger partial charge in [-0.05, 0) is 50.4 Å². The van der Waals surface area contributed by atoms with Crippen LogP contribution in [0.5, 0.6) is 0 Å². The second-order valence-electron chi connectivity index (χ2n) is 4.59. The predicted molar refractivity (Wildman–Crippen MR) is 61.9 cm³/mol. The lowest BCUT2D eigenvalue weighted by atomic mass is 9.97. The van der Waals surface area contributed by atoms with Crippen molar-refractivity contribution in [2.45, 2.75) is 38.5 Å². The summed E-state index contributed by atoms with van der Waals surface area (Å²) in [5, 5.41) is 3.51. The minimum Gasteiger partial charge on any atom is -0.469 e. The Morgan fingerprint density at radius 1 is 1.53 bits per heavy atom. The monoisotopic (exact) mass is 207 g/mol. The van der Waals surface area contributed by atoms with Gasteiger partial charge in [0.1, 0.15) is 5.76 Å².